The number of fused-ring (bicyclic) bond motifs is 3. The van der Waals surface area contributed by atoms with E-state index in [1.54, 1.807) is 6.26 Å². The molecule has 1 aliphatic heterocycles. The Labute approximate surface area is 182 Å². The van der Waals surface area contributed by atoms with Crippen molar-refractivity contribution in [2.45, 2.75) is 37.6 Å². The zero-order valence-corrected chi connectivity index (χ0v) is 17.9. The van der Waals surface area contributed by atoms with E-state index in [-0.39, 0.29) is 5.92 Å². The minimum Gasteiger partial charge on any atom is -0.492 e. The number of aldehydes is 2. The Kier molecular flexibility index (Phi) is 6.99. The lowest BCUT2D eigenvalue weighted by Crippen LogP contribution is -2.38. The van der Waals surface area contributed by atoms with Gasteiger partial charge in [0.1, 0.15) is 30.5 Å². The molecular formula is C25H29NO5. The molecule has 3 aromatic rings. The molecule has 4 rings (SSSR count). The van der Waals surface area contributed by atoms with Gasteiger partial charge in [0.2, 0.25) is 0 Å². The van der Waals surface area contributed by atoms with Crippen LogP contribution in [0, 0.1) is 0 Å². The Morgan fingerprint density at radius 2 is 2.03 bits per heavy atom. The van der Waals surface area contributed by atoms with Gasteiger partial charge in [-0.15, -0.1) is 0 Å². The summed E-state index contributed by atoms with van der Waals surface area (Å²) in [5, 5.41) is 2.99. The van der Waals surface area contributed by atoms with Gasteiger partial charge in [0.15, 0.2) is 0 Å². The van der Waals surface area contributed by atoms with E-state index >= 15 is 0 Å². The van der Waals surface area contributed by atoms with Gasteiger partial charge in [0.05, 0.1) is 6.26 Å². The number of carbonyl (C=O) groups excluding carboxylic acids is 2. The van der Waals surface area contributed by atoms with E-state index in [1.807, 2.05) is 30.3 Å². The average molecular weight is 424 g/mol. The molecule has 1 aromatic heterocycles. The van der Waals surface area contributed by atoms with Crippen LogP contribution in [0.25, 0.3) is 21.7 Å². The van der Waals surface area contributed by atoms with Crippen LogP contribution in [0.5, 0.6) is 5.75 Å². The van der Waals surface area contributed by atoms with E-state index in [1.165, 1.54) is 0 Å². The highest BCUT2D eigenvalue weighted by atomic mass is 16.5. The standard InChI is InChI=1S/C25H29NO5/c1-26(20-8-12-29-13-9-20)10-14-30-21-5-6-22-18(15-21)4-7-24-25(22)23(17-31-24)19(16-28)3-2-11-27/h4-7,11,15-17,19-20H,2-3,8-10,12-14H2,1H3. The summed E-state index contributed by atoms with van der Waals surface area (Å²) in [6.07, 6.45) is 6.37. The predicted molar refractivity (Wildman–Crippen MR) is 120 cm³/mol. The number of rotatable bonds is 10. The van der Waals surface area contributed by atoms with Gasteiger partial charge in [-0.3, -0.25) is 4.90 Å². The lowest BCUT2D eigenvalue weighted by Gasteiger charge is -2.31. The highest BCUT2D eigenvalue weighted by Gasteiger charge is 2.19. The van der Waals surface area contributed by atoms with Crippen molar-refractivity contribution in [3.63, 3.8) is 0 Å². The number of likely N-dealkylation sites (N-methyl/N-ethyl adjacent to an activating group) is 1. The fraction of sp³-hybridized carbons (Fsp3) is 0.440. The van der Waals surface area contributed by atoms with Crippen LogP contribution in [-0.4, -0.2) is 56.9 Å². The molecule has 1 atom stereocenters. The highest BCUT2D eigenvalue weighted by molar-refractivity contribution is 6.08. The van der Waals surface area contributed by atoms with Gasteiger partial charge < -0.3 is 23.5 Å². The monoisotopic (exact) mass is 423 g/mol. The number of hydrogen-bond donors (Lipinski definition) is 0. The quantitative estimate of drug-likeness (QED) is 0.452. The summed E-state index contributed by atoms with van der Waals surface area (Å²) in [6, 6.07) is 10.5. The molecule has 0 aliphatic carbocycles. The molecule has 0 spiro atoms. The zero-order chi connectivity index (χ0) is 21.6. The van der Waals surface area contributed by atoms with Crippen molar-refractivity contribution in [1.82, 2.24) is 4.90 Å². The molecule has 2 heterocycles. The summed E-state index contributed by atoms with van der Waals surface area (Å²) < 4.78 is 17.2. The van der Waals surface area contributed by atoms with Gasteiger partial charge >= 0.3 is 0 Å². The molecule has 1 aliphatic rings. The summed E-state index contributed by atoms with van der Waals surface area (Å²) in [4.78, 5) is 24.8. The van der Waals surface area contributed by atoms with E-state index in [4.69, 9.17) is 13.9 Å². The molecule has 6 nitrogen and oxygen atoms in total. The second-order valence-corrected chi connectivity index (χ2v) is 8.17. The van der Waals surface area contributed by atoms with Crippen LogP contribution in [0.3, 0.4) is 0 Å². The van der Waals surface area contributed by atoms with E-state index in [0.29, 0.717) is 25.5 Å². The van der Waals surface area contributed by atoms with Crippen molar-refractivity contribution in [3.8, 4) is 5.75 Å². The molecule has 0 amide bonds. The van der Waals surface area contributed by atoms with Crippen LogP contribution >= 0.6 is 0 Å². The minimum atomic E-state index is -0.353. The molecule has 1 saturated heterocycles. The van der Waals surface area contributed by atoms with Crippen molar-refractivity contribution >= 4 is 34.3 Å². The molecule has 0 radical (unpaired) electrons. The molecule has 0 N–H and O–H groups in total. The summed E-state index contributed by atoms with van der Waals surface area (Å²) >= 11 is 0. The number of nitrogens with zero attached hydrogens (tertiary/aromatic N) is 1. The van der Waals surface area contributed by atoms with Crippen LogP contribution in [0.4, 0.5) is 0 Å². The molecule has 1 unspecified atom stereocenters. The number of furan rings is 1. The summed E-state index contributed by atoms with van der Waals surface area (Å²) in [7, 11) is 2.14. The van der Waals surface area contributed by atoms with E-state index < -0.39 is 0 Å². The lowest BCUT2D eigenvalue weighted by molar-refractivity contribution is -0.109. The minimum absolute atomic E-state index is 0.348. The van der Waals surface area contributed by atoms with Crippen LogP contribution in [0.15, 0.2) is 41.0 Å². The van der Waals surface area contributed by atoms with Gasteiger partial charge in [-0.1, -0.05) is 6.07 Å². The molecule has 1 fully saturated rings. The highest BCUT2D eigenvalue weighted by Crippen LogP contribution is 2.36. The van der Waals surface area contributed by atoms with Gasteiger partial charge in [-0.2, -0.15) is 0 Å². The molecule has 0 saturated carbocycles. The normalized spacial score (nSPS) is 16.1. The zero-order valence-electron chi connectivity index (χ0n) is 17.9. The van der Waals surface area contributed by atoms with Crippen LogP contribution in [0.1, 0.15) is 37.2 Å². The van der Waals surface area contributed by atoms with Crippen molar-refractivity contribution in [2.75, 3.05) is 33.4 Å². The molecule has 0 bridgehead atoms. The Morgan fingerprint density at radius 3 is 2.81 bits per heavy atom. The van der Waals surface area contributed by atoms with Crippen LogP contribution in [0.2, 0.25) is 0 Å². The Hall–Kier alpha value is -2.70. The first kappa shape index (κ1) is 21.5. The summed E-state index contributed by atoms with van der Waals surface area (Å²) in [5.74, 6) is 0.471. The fourth-order valence-corrected chi connectivity index (χ4v) is 4.39. The maximum absolute atomic E-state index is 11.6. The number of carbonyl (C=O) groups is 2. The Balaban J connectivity index is 1.50. The summed E-state index contributed by atoms with van der Waals surface area (Å²) in [5.41, 5.74) is 1.58. The molecule has 2 aromatic carbocycles. The van der Waals surface area contributed by atoms with Gasteiger partial charge in [-0.25, -0.2) is 0 Å². The number of hydrogen-bond acceptors (Lipinski definition) is 6. The molecule has 6 heteroatoms. The van der Waals surface area contributed by atoms with Crippen LogP contribution in [-0.2, 0) is 14.3 Å². The van der Waals surface area contributed by atoms with Crippen molar-refractivity contribution in [1.29, 1.82) is 0 Å². The van der Waals surface area contributed by atoms with E-state index in [9.17, 15) is 9.59 Å². The van der Waals surface area contributed by atoms with E-state index in [0.717, 1.165) is 78.2 Å². The largest absolute Gasteiger partial charge is 0.492 e. The third-order valence-electron chi connectivity index (χ3n) is 6.24. The van der Waals surface area contributed by atoms with Crippen molar-refractivity contribution < 1.29 is 23.5 Å². The van der Waals surface area contributed by atoms with Crippen LogP contribution < -0.4 is 4.74 Å². The topological polar surface area (TPSA) is 69.0 Å². The van der Waals surface area contributed by atoms with Gasteiger partial charge in [0.25, 0.3) is 0 Å². The second-order valence-electron chi connectivity index (χ2n) is 8.17. The number of ether oxygens (including phenoxy) is 2. The van der Waals surface area contributed by atoms with Crippen molar-refractivity contribution in [2.24, 2.45) is 0 Å². The molecular weight excluding hydrogens is 394 g/mol. The first-order valence-corrected chi connectivity index (χ1v) is 10.9. The molecule has 164 valence electrons. The van der Waals surface area contributed by atoms with E-state index in [2.05, 4.69) is 11.9 Å². The first-order valence-electron chi connectivity index (χ1n) is 10.9. The lowest BCUT2D eigenvalue weighted by atomic mass is 9.93. The number of benzene rings is 2. The van der Waals surface area contributed by atoms with Gasteiger partial charge in [0, 0.05) is 49.1 Å². The second kappa shape index (κ2) is 10.1. The average Bonchev–Trinajstić information content (AvgIpc) is 3.24. The SMILES string of the molecule is CN(CCOc1ccc2c(ccc3occ(C(C=O)CCC=O)c32)c1)C1CCOCC1. The Morgan fingerprint density at radius 1 is 1.19 bits per heavy atom. The van der Waals surface area contributed by atoms with Gasteiger partial charge in [-0.05, 0) is 61.3 Å². The molecule has 31 heavy (non-hydrogen) atoms. The third-order valence-corrected chi connectivity index (χ3v) is 6.24. The fourth-order valence-electron chi connectivity index (χ4n) is 4.39. The third kappa shape index (κ3) is 4.81. The smallest absolute Gasteiger partial charge is 0.134 e. The predicted octanol–water partition coefficient (Wildman–Crippen LogP) is 4.34. The maximum atomic E-state index is 11.6. The first-order chi connectivity index (χ1) is 15.2. The Bertz CT molecular complexity index is 1040. The maximum Gasteiger partial charge on any atom is 0.134 e. The summed E-state index contributed by atoms with van der Waals surface area (Å²) in [6.45, 7) is 3.17. The van der Waals surface area contributed by atoms with Crippen molar-refractivity contribution in [3.05, 3.63) is 42.2 Å².